The largest absolute Gasteiger partial charge is 0.342 e. The zero-order valence-electron chi connectivity index (χ0n) is 18.0. The molecule has 1 saturated heterocycles. The Kier molecular flexibility index (Phi) is 5.36. The number of carbonyl (C=O) groups is 2. The first-order chi connectivity index (χ1) is 16.0. The number of anilines is 1. The van der Waals surface area contributed by atoms with Gasteiger partial charge in [0.25, 0.3) is 11.8 Å². The van der Waals surface area contributed by atoms with Crippen molar-refractivity contribution in [2.24, 2.45) is 0 Å². The Morgan fingerprint density at radius 3 is 2.39 bits per heavy atom. The molecule has 1 fully saturated rings. The van der Waals surface area contributed by atoms with Gasteiger partial charge in [-0.2, -0.15) is 0 Å². The van der Waals surface area contributed by atoms with E-state index in [0.717, 1.165) is 22.0 Å². The quantitative estimate of drug-likeness (QED) is 0.275. The van der Waals surface area contributed by atoms with E-state index >= 15 is 0 Å². The zero-order valence-corrected chi connectivity index (χ0v) is 18.8. The van der Waals surface area contributed by atoms with Crippen LogP contribution in [-0.2, 0) is 16.1 Å². The first kappa shape index (κ1) is 20.8. The van der Waals surface area contributed by atoms with Crippen molar-refractivity contribution in [3.63, 3.8) is 0 Å². The molecule has 5 nitrogen and oxygen atoms in total. The molecule has 0 unspecified atom stereocenters. The highest BCUT2D eigenvalue weighted by Gasteiger charge is 2.35. The second-order valence-electron chi connectivity index (χ2n) is 7.96. The van der Waals surface area contributed by atoms with Gasteiger partial charge >= 0.3 is 0 Å². The van der Waals surface area contributed by atoms with Gasteiger partial charge in [-0.1, -0.05) is 66.7 Å². The molecule has 0 spiro atoms. The van der Waals surface area contributed by atoms with E-state index in [1.54, 1.807) is 6.08 Å². The minimum atomic E-state index is -0.491. The summed E-state index contributed by atoms with van der Waals surface area (Å²) in [5.74, 6) is -0.923. The second-order valence-corrected chi connectivity index (χ2v) is 8.35. The lowest BCUT2D eigenvalue weighted by molar-refractivity contribution is -0.122. The number of rotatable bonds is 4. The minimum absolute atomic E-state index is 0.0504. The number of aryl methyl sites for hydroxylation is 1. The molecule has 1 aliphatic rings. The molecule has 0 bridgehead atoms. The molecule has 162 valence electrons. The van der Waals surface area contributed by atoms with Crippen LogP contribution in [0.15, 0.2) is 90.6 Å². The summed E-state index contributed by atoms with van der Waals surface area (Å²) in [7, 11) is 0. The van der Waals surface area contributed by atoms with Crippen molar-refractivity contribution in [1.29, 1.82) is 0 Å². The predicted molar refractivity (Wildman–Crippen MR) is 135 cm³/mol. The van der Waals surface area contributed by atoms with Crippen LogP contribution in [0.25, 0.3) is 17.0 Å². The summed E-state index contributed by atoms with van der Waals surface area (Å²) in [6.45, 7) is 2.59. The number of fused-ring (bicyclic) bond motifs is 1. The summed E-state index contributed by atoms with van der Waals surface area (Å²) in [6, 6.07) is 25.6. The molecule has 0 radical (unpaired) electrons. The van der Waals surface area contributed by atoms with E-state index in [1.165, 1.54) is 10.5 Å². The fourth-order valence-corrected chi connectivity index (χ4v) is 4.42. The molecule has 33 heavy (non-hydrogen) atoms. The van der Waals surface area contributed by atoms with Gasteiger partial charge in [0.2, 0.25) is 0 Å². The maximum atomic E-state index is 13.4. The van der Waals surface area contributed by atoms with E-state index in [9.17, 15) is 9.59 Å². The summed E-state index contributed by atoms with van der Waals surface area (Å²) in [5, 5.41) is 3.73. The van der Waals surface area contributed by atoms with Gasteiger partial charge in [0.15, 0.2) is 5.11 Å². The molecule has 1 N–H and O–H groups in total. The van der Waals surface area contributed by atoms with Crippen LogP contribution in [0.4, 0.5) is 5.69 Å². The molecule has 1 aromatic heterocycles. The number of nitrogens with one attached hydrogen (secondary N) is 1. The van der Waals surface area contributed by atoms with Crippen molar-refractivity contribution in [3.8, 4) is 0 Å². The standard InChI is InChI=1S/C27H21N3O2S/c1-18-9-5-7-13-23(18)30-26(32)22(25(31)28-27(30)33)15-20-17-29(16-19-10-3-2-4-11-19)24-14-8-6-12-21(20)24/h2-15,17H,16H2,1H3,(H,28,31,33)/b22-15+. The molecule has 0 atom stereocenters. The number of benzene rings is 3. The van der Waals surface area contributed by atoms with Crippen molar-refractivity contribution in [2.45, 2.75) is 13.5 Å². The van der Waals surface area contributed by atoms with Crippen molar-refractivity contribution < 1.29 is 9.59 Å². The summed E-state index contributed by atoms with van der Waals surface area (Å²) < 4.78 is 2.13. The normalized spacial score (nSPS) is 15.4. The fourth-order valence-electron chi connectivity index (χ4n) is 4.15. The Morgan fingerprint density at radius 2 is 1.61 bits per heavy atom. The molecule has 5 rings (SSSR count). The van der Waals surface area contributed by atoms with Crippen LogP contribution in [0.2, 0.25) is 0 Å². The summed E-state index contributed by atoms with van der Waals surface area (Å²) in [4.78, 5) is 27.6. The Labute approximate surface area is 196 Å². The Bertz CT molecular complexity index is 1440. The van der Waals surface area contributed by atoms with Gasteiger partial charge in [-0.15, -0.1) is 0 Å². The highest BCUT2D eigenvalue weighted by Crippen LogP contribution is 2.28. The molecule has 2 heterocycles. The molecule has 6 heteroatoms. The third kappa shape index (κ3) is 3.85. The number of aromatic nitrogens is 1. The molecule has 4 aromatic rings. The maximum Gasteiger partial charge on any atom is 0.270 e. The second kappa shape index (κ2) is 8.48. The lowest BCUT2D eigenvalue weighted by Crippen LogP contribution is -2.54. The van der Waals surface area contributed by atoms with Gasteiger partial charge in [-0.05, 0) is 48.5 Å². The van der Waals surface area contributed by atoms with Crippen LogP contribution in [-0.4, -0.2) is 21.5 Å². The third-order valence-electron chi connectivity index (χ3n) is 5.77. The van der Waals surface area contributed by atoms with Gasteiger partial charge in [0.05, 0.1) is 5.69 Å². The number of hydrogen-bond acceptors (Lipinski definition) is 3. The molecular weight excluding hydrogens is 430 g/mol. The first-order valence-corrected chi connectivity index (χ1v) is 11.0. The van der Waals surface area contributed by atoms with Crippen LogP contribution in [0.3, 0.4) is 0 Å². The van der Waals surface area contributed by atoms with Crippen LogP contribution in [0.5, 0.6) is 0 Å². The van der Waals surface area contributed by atoms with Crippen molar-refractivity contribution in [2.75, 3.05) is 4.90 Å². The average molecular weight is 452 g/mol. The number of para-hydroxylation sites is 2. The van der Waals surface area contributed by atoms with E-state index < -0.39 is 11.8 Å². The van der Waals surface area contributed by atoms with Crippen LogP contribution in [0, 0.1) is 6.92 Å². The number of hydrogen-bond donors (Lipinski definition) is 1. The van der Waals surface area contributed by atoms with E-state index in [2.05, 4.69) is 22.0 Å². The fraction of sp³-hybridized carbons (Fsp3) is 0.0741. The monoisotopic (exact) mass is 451 g/mol. The Morgan fingerprint density at radius 1 is 0.909 bits per heavy atom. The van der Waals surface area contributed by atoms with E-state index in [4.69, 9.17) is 12.2 Å². The molecule has 1 aliphatic heterocycles. The lowest BCUT2D eigenvalue weighted by Gasteiger charge is -2.29. The van der Waals surface area contributed by atoms with Crippen molar-refractivity contribution in [3.05, 3.63) is 107 Å². The Hall–Kier alpha value is -4.03. The molecule has 2 amide bonds. The van der Waals surface area contributed by atoms with Gasteiger partial charge in [0, 0.05) is 29.2 Å². The maximum absolute atomic E-state index is 13.4. The molecular formula is C27H21N3O2S. The van der Waals surface area contributed by atoms with Crippen LogP contribution in [0.1, 0.15) is 16.7 Å². The predicted octanol–water partition coefficient (Wildman–Crippen LogP) is 4.83. The molecule has 0 saturated carbocycles. The van der Waals surface area contributed by atoms with Crippen molar-refractivity contribution >= 4 is 51.8 Å². The number of thiocarbonyl (C=S) groups is 1. The topological polar surface area (TPSA) is 54.3 Å². The van der Waals surface area contributed by atoms with E-state index in [-0.39, 0.29) is 10.7 Å². The van der Waals surface area contributed by atoms with Crippen LogP contribution < -0.4 is 10.2 Å². The molecule has 0 aliphatic carbocycles. The lowest BCUT2D eigenvalue weighted by atomic mass is 10.1. The zero-order chi connectivity index (χ0) is 22.9. The Balaban J connectivity index is 1.59. The highest BCUT2D eigenvalue weighted by molar-refractivity contribution is 7.80. The smallest absolute Gasteiger partial charge is 0.270 e. The minimum Gasteiger partial charge on any atom is -0.342 e. The number of carbonyl (C=O) groups excluding carboxylic acids is 2. The highest BCUT2D eigenvalue weighted by atomic mass is 32.1. The summed E-state index contributed by atoms with van der Waals surface area (Å²) in [6.07, 6.45) is 3.64. The third-order valence-corrected chi connectivity index (χ3v) is 6.06. The number of amides is 2. The number of nitrogens with zero attached hydrogens (tertiary/aromatic N) is 2. The van der Waals surface area contributed by atoms with Crippen molar-refractivity contribution in [1.82, 2.24) is 9.88 Å². The first-order valence-electron chi connectivity index (χ1n) is 10.6. The SMILES string of the molecule is Cc1ccccc1N1C(=O)/C(=C/c2cn(Cc3ccccc3)c3ccccc23)C(=O)NC1=S. The summed E-state index contributed by atoms with van der Waals surface area (Å²) >= 11 is 5.34. The van der Waals surface area contributed by atoms with Gasteiger partial charge in [0.1, 0.15) is 5.57 Å². The van der Waals surface area contributed by atoms with Gasteiger partial charge in [-0.3, -0.25) is 19.8 Å². The van der Waals surface area contributed by atoms with Gasteiger partial charge in [-0.25, -0.2) is 0 Å². The van der Waals surface area contributed by atoms with E-state index in [0.29, 0.717) is 12.2 Å². The summed E-state index contributed by atoms with van der Waals surface area (Å²) in [5.41, 5.74) is 4.60. The average Bonchev–Trinajstić information content (AvgIpc) is 3.16. The van der Waals surface area contributed by atoms with Gasteiger partial charge < -0.3 is 4.57 Å². The van der Waals surface area contributed by atoms with Crippen LogP contribution >= 0.6 is 12.2 Å². The van der Waals surface area contributed by atoms with E-state index in [1.807, 2.05) is 79.9 Å². The molecule has 3 aromatic carbocycles.